The first kappa shape index (κ1) is 12.3. The fourth-order valence-electron chi connectivity index (χ4n) is 1.76. The van der Waals surface area contributed by atoms with E-state index in [-0.39, 0.29) is 0 Å². The average Bonchev–Trinajstić information content (AvgIpc) is 2.78. The molecule has 1 heterocycles. The van der Waals surface area contributed by atoms with E-state index in [1.807, 2.05) is 13.1 Å². The van der Waals surface area contributed by atoms with E-state index in [9.17, 15) is 0 Å². The van der Waals surface area contributed by atoms with E-state index in [0.717, 1.165) is 28.8 Å². The second kappa shape index (κ2) is 5.47. The number of nitrogens with zero attached hydrogens (tertiary/aromatic N) is 1. The molecule has 0 saturated carbocycles. The van der Waals surface area contributed by atoms with Crippen LogP contribution in [0.2, 0.25) is 0 Å². The molecule has 3 nitrogen and oxygen atoms in total. The highest BCUT2D eigenvalue weighted by Gasteiger charge is 2.07. The molecule has 4 heteroatoms. The molecular weight excluding hydrogens is 278 g/mol. The normalized spacial score (nSPS) is 10.8. The molecule has 2 rings (SSSR count). The maximum absolute atomic E-state index is 4.37. The smallest absolute Gasteiger partial charge is 0.0926 e. The number of hydrogen-bond donors (Lipinski definition) is 2. The maximum Gasteiger partial charge on any atom is 0.0926 e. The van der Waals surface area contributed by atoms with Crippen LogP contribution in [0.15, 0.2) is 28.7 Å². The van der Waals surface area contributed by atoms with Gasteiger partial charge in [0.25, 0.3) is 0 Å². The monoisotopic (exact) mass is 293 g/mol. The largest absolute Gasteiger partial charge is 0.319 e. The molecule has 0 bridgehead atoms. The van der Waals surface area contributed by atoms with Crippen LogP contribution in [0.4, 0.5) is 0 Å². The van der Waals surface area contributed by atoms with Gasteiger partial charge in [-0.2, -0.15) is 5.10 Å². The van der Waals surface area contributed by atoms with Crippen molar-refractivity contribution in [1.29, 1.82) is 0 Å². The highest BCUT2D eigenvalue weighted by atomic mass is 79.9. The molecule has 0 amide bonds. The van der Waals surface area contributed by atoms with Gasteiger partial charge in [0.1, 0.15) is 0 Å². The van der Waals surface area contributed by atoms with Crippen LogP contribution >= 0.6 is 15.9 Å². The molecule has 0 saturated heterocycles. The van der Waals surface area contributed by atoms with Gasteiger partial charge < -0.3 is 5.32 Å². The summed E-state index contributed by atoms with van der Waals surface area (Å²) in [6.07, 6.45) is 0.969. The van der Waals surface area contributed by atoms with Gasteiger partial charge >= 0.3 is 0 Å². The summed E-state index contributed by atoms with van der Waals surface area (Å²) in [7, 11) is 1.95. The Morgan fingerprint density at radius 3 is 2.94 bits per heavy atom. The van der Waals surface area contributed by atoms with Crippen LogP contribution in [0, 0.1) is 6.92 Å². The summed E-state index contributed by atoms with van der Waals surface area (Å²) in [4.78, 5) is 0. The zero-order chi connectivity index (χ0) is 12.3. The van der Waals surface area contributed by atoms with Crippen LogP contribution in [-0.2, 0) is 6.42 Å². The molecule has 90 valence electrons. The van der Waals surface area contributed by atoms with Crippen molar-refractivity contribution < 1.29 is 0 Å². The van der Waals surface area contributed by atoms with E-state index in [1.54, 1.807) is 0 Å². The summed E-state index contributed by atoms with van der Waals surface area (Å²) in [5.74, 6) is 0. The average molecular weight is 294 g/mol. The summed E-state index contributed by atoms with van der Waals surface area (Å²) >= 11 is 3.49. The van der Waals surface area contributed by atoms with Gasteiger partial charge in [-0.05, 0) is 37.7 Å². The van der Waals surface area contributed by atoms with E-state index < -0.39 is 0 Å². The van der Waals surface area contributed by atoms with Crippen molar-refractivity contribution in [2.75, 3.05) is 13.6 Å². The van der Waals surface area contributed by atoms with Crippen LogP contribution < -0.4 is 5.32 Å². The minimum absolute atomic E-state index is 0.957. The molecule has 2 N–H and O–H groups in total. The number of hydrogen-bond acceptors (Lipinski definition) is 2. The Labute approximate surface area is 110 Å². The van der Waals surface area contributed by atoms with Crippen LogP contribution in [0.5, 0.6) is 0 Å². The number of aromatic nitrogens is 2. The highest BCUT2D eigenvalue weighted by Crippen LogP contribution is 2.25. The predicted molar refractivity (Wildman–Crippen MR) is 74.1 cm³/mol. The molecule has 1 aromatic heterocycles. The van der Waals surface area contributed by atoms with Gasteiger partial charge in [-0.3, -0.25) is 5.10 Å². The molecule has 1 aromatic carbocycles. The summed E-state index contributed by atoms with van der Waals surface area (Å²) in [6, 6.07) is 8.37. The van der Waals surface area contributed by atoms with Crippen LogP contribution in [0.3, 0.4) is 0 Å². The van der Waals surface area contributed by atoms with Crippen LogP contribution in [0.25, 0.3) is 11.3 Å². The van der Waals surface area contributed by atoms with Crippen molar-refractivity contribution in [3.05, 3.63) is 40.0 Å². The molecule has 0 unspecified atom stereocenters. The Bertz CT molecular complexity index is 505. The van der Waals surface area contributed by atoms with Crippen molar-refractivity contribution in [1.82, 2.24) is 15.5 Å². The Hall–Kier alpha value is -1.13. The lowest BCUT2D eigenvalue weighted by molar-refractivity contribution is 0.772. The van der Waals surface area contributed by atoms with Gasteiger partial charge in [0.2, 0.25) is 0 Å². The molecule has 0 radical (unpaired) electrons. The fraction of sp³-hybridized carbons (Fsp3) is 0.308. The number of aromatic amines is 1. The number of H-pyrrole nitrogens is 1. The molecular formula is C13H16BrN3. The van der Waals surface area contributed by atoms with Crippen molar-refractivity contribution in [2.24, 2.45) is 0 Å². The van der Waals surface area contributed by atoms with Gasteiger partial charge in [-0.25, -0.2) is 0 Å². The van der Waals surface area contributed by atoms with Crippen LogP contribution in [0.1, 0.15) is 11.3 Å². The van der Waals surface area contributed by atoms with E-state index in [0.29, 0.717) is 0 Å². The molecule has 0 aliphatic rings. The van der Waals surface area contributed by atoms with E-state index >= 15 is 0 Å². The number of benzene rings is 1. The molecule has 0 fully saturated rings. The first-order valence-corrected chi connectivity index (χ1v) is 6.45. The van der Waals surface area contributed by atoms with E-state index in [2.05, 4.69) is 56.6 Å². The van der Waals surface area contributed by atoms with Gasteiger partial charge in [-0.15, -0.1) is 0 Å². The van der Waals surface area contributed by atoms with E-state index in [4.69, 9.17) is 0 Å². The first-order chi connectivity index (χ1) is 8.20. The predicted octanol–water partition coefficient (Wildman–Crippen LogP) is 2.91. The third-order valence-electron chi connectivity index (χ3n) is 2.75. The van der Waals surface area contributed by atoms with Crippen molar-refractivity contribution in [3.8, 4) is 11.3 Å². The summed E-state index contributed by atoms with van der Waals surface area (Å²) in [5, 5.41) is 10.6. The summed E-state index contributed by atoms with van der Waals surface area (Å²) < 4.78 is 1.08. The first-order valence-electron chi connectivity index (χ1n) is 5.66. The molecule has 0 spiro atoms. The van der Waals surface area contributed by atoms with Crippen molar-refractivity contribution in [2.45, 2.75) is 13.3 Å². The van der Waals surface area contributed by atoms with Gasteiger partial charge in [0.15, 0.2) is 0 Å². The summed E-state index contributed by atoms with van der Waals surface area (Å²) in [5.41, 5.74) is 4.58. The molecule has 2 aromatic rings. The van der Waals surface area contributed by atoms with E-state index in [1.165, 1.54) is 11.1 Å². The molecule has 17 heavy (non-hydrogen) atoms. The molecule has 0 aliphatic carbocycles. The second-order valence-corrected chi connectivity index (χ2v) is 5.01. The standard InChI is InChI=1S/C13H16BrN3/c1-9-3-4-10(14)7-12(9)13-8-11(16-17-13)5-6-15-2/h3-4,7-8,15H,5-6H2,1-2H3,(H,16,17). The lowest BCUT2D eigenvalue weighted by atomic mass is 10.1. The minimum atomic E-state index is 0.957. The lowest BCUT2D eigenvalue weighted by Gasteiger charge is -2.02. The highest BCUT2D eigenvalue weighted by molar-refractivity contribution is 9.10. The zero-order valence-corrected chi connectivity index (χ0v) is 11.6. The Morgan fingerprint density at radius 1 is 1.35 bits per heavy atom. The number of nitrogens with one attached hydrogen (secondary N) is 2. The second-order valence-electron chi connectivity index (χ2n) is 4.09. The third-order valence-corrected chi connectivity index (χ3v) is 3.24. The van der Waals surface area contributed by atoms with Gasteiger partial charge in [0.05, 0.1) is 5.69 Å². The van der Waals surface area contributed by atoms with Crippen molar-refractivity contribution >= 4 is 15.9 Å². The minimum Gasteiger partial charge on any atom is -0.319 e. The Kier molecular flexibility index (Phi) is 3.97. The van der Waals surface area contributed by atoms with Gasteiger partial charge in [-0.1, -0.05) is 22.0 Å². The molecule has 0 aliphatic heterocycles. The van der Waals surface area contributed by atoms with Crippen LogP contribution in [-0.4, -0.2) is 23.8 Å². The topological polar surface area (TPSA) is 40.7 Å². The fourth-order valence-corrected chi connectivity index (χ4v) is 2.12. The zero-order valence-electron chi connectivity index (χ0n) is 10.0. The van der Waals surface area contributed by atoms with Gasteiger partial charge in [0, 0.05) is 28.7 Å². The maximum atomic E-state index is 4.37. The number of halogens is 1. The Balaban J connectivity index is 2.27. The number of aryl methyl sites for hydroxylation is 1. The number of likely N-dealkylation sites (N-methyl/N-ethyl adjacent to an activating group) is 1. The summed E-state index contributed by atoms with van der Waals surface area (Å²) in [6.45, 7) is 3.06. The van der Waals surface area contributed by atoms with Crippen molar-refractivity contribution in [3.63, 3.8) is 0 Å². The third kappa shape index (κ3) is 2.96. The SMILES string of the molecule is CNCCc1cc(-c2cc(Br)ccc2C)n[nH]1. The lowest BCUT2D eigenvalue weighted by Crippen LogP contribution is -2.10. The molecule has 0 atom stereocenters. The Morgan fingerprint density at radius 2 is 2.18 bits per heavy atom. The number of rotatable bonds is 4. The quantitative estimate of drug-likeness (QED) is 0.910.